The summed E-state index contributed by atoms with van der Waals surface area (Å²) in [5, 5.41) is 0. The highest BCUT2D eigenvalue weighted by Crippen LogP contribution is 2.26. The highest BCUT2D eigenvalue weighted by atomic mass is 28.2. The molecule has 0 aliphatic heterocycles. The van der Waals surface area contributed by atoms with E-state index < -0.39 is 0 Å². The van der Waals surface area contributed by atoms with Gasteiger partial charge in [0, 0.05) is 28.1 Å². The number of benzene rings is 4. The molecule has 194 valence electrons. The Morgan fingerprint density at radius 1 is 0.769 bits per heavy atom. The van der Waals surface area contributed by atoms with Crippen LogP contribution in [-0.2, 0) is 6.17 Å². The lowest BCUT2D eigenvalue weighted by Gasteiger charge is -2.18. The summed E-state index contributed by atoms with van der Waals surface area (Å²) in [5.41, 5.74) is 8.60. The van der Waals surface area contributed by atoms with Crippen LogP contribution in [0.25, 0.3) is 5.57 Å². The van der Waals surface area contributed by atoms with Gasteiger partial charge < -0.3 is 4.57 Å². The van der Waals surface area contributed by atoms with Crippen LogP contribution in [0.3, 0.4) is 0 Å². The zero-order chi connectivity index (χ0) is 26.7. The zero-order valence-electron chi connectivity index (χ0n) is 22.9. The molecule has 0 saturated heterocycles. The van der Waals surface area contributed by atoms with Gasteiger partial charge in [0.1, 0.15) is 0 Å². The van der Waals surface area contributed by atoms with Crippen molar-refractivity contribution in [3.05, 3.63) is 162 Å². The molecule has 1 unspecified atom stereocenters. The van der Waals surface area contributed by atoms with E-state index in [1.807, 2.05) is 6.20 Å². The molecule has 0 fully saturated rings. The van der Waals surface area contributed by atoms with Crippen molar-refractivity contribution in [3.8, 4) is 0 Å². The van der Waals surface area contributed by atoms with Crippen molar-refractivity contribution in [1.29, 1.82) is 0 Å². The van der Waals surface area contributed by atoms with E-state index in [1.54, 1.807) is 0 Å². The summed E-state index contributed by atoms with van der Waals surface area (Å²) in [6, 6.07) is 43.3. The van der Waals surface area contributed by atoms with Crippen molar-refractivity contribution in [3.63, 3.8) is 0 Å². The maximum absolute atomic E-state index is 4.81. The summed E-state index contributed by atoms with van der Waals surface area (Å²) in [6.45, 7) is 2.44. The largest absolute Gasteiger partial charge is 0.347 e. The van der Waals surface area contributed by atoms with Gasteiger partial charge in [0.05, 0.1) is 5.72 Å². The van der Waals surface area contributed by atoms with Gasteiger partial charge in [-0.1, -0.05) is 146 Å². The van der Waals surface area contributed by atoms with Crippen LogP contribution in [0.1, 0.15) is 47.8 Å². The molecule has 1 atom stereocenters. The van der Waals surface area contributed by atoms with Gasteiger partial charge in [-0.05, 0) is 40.1 Å². The molecule has 0 amide bonds. The number of allylic oxidation sites excluding steroid dienone is 1. The van der Waals surface area contributed by atoms with E-state index in [2.05, 4.69) is 145 Å². The molecule has 39 heavy (non-hydrogen) atoms. The topological polar surface area (TPSA) is 17.8 Å². The minimum atomic E-state index is -0.291. The van der Waals surface area contributed by atoms with E-state index in [1.165, 1.54) is 40.0 Å². The fourth-order valence-corrected chi connectivity index (χ4v) is 7.02. The van der Waals surface area contributed by atoms with Gasteiger partial charge in [-0.15, -0.1) is 0 Å². The van der Waals surface area contributed by atoms with Crippen LogP contribution in [0.4, 0.5) is 0 Å². The SMILES string of the molecule is CC(CCC=C(c1ccccc1)c1ccccc1)[SiH2]Cn1ccnc1BC(c1ccccc1)c1ccccc1. The van der Waals surface area contributed by atoms with Crippen LogP contribution in [-0.4, -0.2) is 26.4 Å². The Bertz CT molecular complexity index is 1350. The van der Waals surface area contributed by atoms with Gasteiger partial charge in [-0.3, -0.25) is 4.98 Å². The Hall–Kier alpha value is -3.89. The Kier molecular flexibility index (Phi) is 9.43. The van der Waals surface area contributed by atoms with Crippen LogP contribution in [0.5, 0.6) is 0 Å². The predicted octanol–water partition coefficient (Wildman–Crippen LogP) is 6.58. The molecule has 0 bridgehead atoms. The molecule has 5 rings (SSSR count). The van der Waals surface area contributed by atoms with E-state index in [0.29, 0.717) is 5.82 Å². The van der Waals surface area contributed by atoms with E-state index in [-0.39, 0.29) is 9.52 Å². The zero-order valence-corrected chi connectivity index (χ0v) is 24.3. The van der Waals surface area contributed by atoms with E-state index in [4.69, 9.17) is 4.98 Å². The molecular weight excluding hydrogens is 487 g/mol. The Labute approximate surface area is 236 Å². The third-order valence-corrected chi connectivity index (χ3v) is 9.77. The third kappa shape index (κ3) is 7.36. The van der Waals surface area contributed by atoms with Crippen molar-refractivity contribution < 1.29 is 0 Å². The van der Waals surface area contributed by atoms with Crippen LogP contribution in [0.2, 0.25) is 5.54 Å². The van der Waals surface area contributed by atoms with Crippen molar-refractivity contribution in [1.82, 2.24) is 9.55 Å². The molecule has 1 aromatic heterocycles. The van der Waals surface area contributed by atoms with Crippen molar-refractivity contribution in [2.45, 2.75) is 37.3 Å². The standard InChI is InChI=1S/C35H37BN2Si/c1-28(15-14-24-33(29-16-6-2-7-17-29)30-18-8-3-9-19-30)39-27-38-26-25-37-35(38)36-34(31-20-10-4-11-21-31)32-22-12-5-13-23-32/h2-13,16-26,28,34,36H,14-15,27,39H2,1H3. The second-order valence-electron chi connectivity index (χ2n) is 10.4. The maximum Gasteiger partial charge on any atom is 0.217 e. The average molecular weight is 525 g/mol. The molecule has 0 radical (unpaired) electrons. The van der Waals surface area contributed by atoms with Crippen LogP contribution < -0.4 is 5.72 Å². The lowest BCUT2D eigenvalue weighted by atomic mass is 9.58. The monoisotopic (exact) mass is 524 g/mol. The van der Waals surface area contributed by atoms with Crippen molar-refractivity contribution in [2.75, 3.05) is 0 Å². The summed E-state index contributed by atoms with van der Waals surface area (Å²) >= 11 is 0. The predicted molar refractivity (Wildman–Crippen MR) is 171 cm³/mol. The minimum Gasteiger partial charge on any atom is -0.347 e. The number of hydrogen-bond acceptors (Lipinski definition) is 1. The summed E-state index contributed by atoms with van der Waals surface area (Å²) in [5.74, 6) is 0.312. The van der Waals surface area contributed by atoms with Crippen molar-refractivity contribution >= 4 is 28.1 Å². The molecule has 0 aliphatic rings. The van der Waals surface area contributed by atoms with E-state index >= 15 is 0 Å². The molecule has 0 aliphatic carbocycles. The molecule has 4 aromatic carbocycles. The van der Waals surface area contributed by atoms with E-state index in [9.17, 15) is 0 Å². The fourth-order valence-electron chi connectivity index (χ4n) is 5.37. The second-order valence-corrected chi connectivity index (χ2v) is 12.9. The first kappa shape index (κ1) is 26.7. The summed E-state index contributed by atoms with van der Waals surface area (Å²) in [4.78, 5) is 4.81. The summed E-state index contributed by atoms with van der Waals surface area (Å²) < 4.78 is 2.43. The van der Waals surface area contributed by atoms with Gasteiger partial charge in [0.25, 0.3) is 0 Å². The molecule has 0 N–H and O–H groups in total. The quantitative estimate of drug-likeness (QED) is 0.169. The number of hydrogen-bond donors (Lipinski definition) is 0. The molecule has 0 spiro atoms. The highest BCUT2D eigenvalue weighted by molar-refractivity contribution is 6.54. The molecule has 1 heterocycles. The Morgan fingerprint density at radius 3 is 1.82 bits per heavy atom. The van der Waals surface area contributed by atoms with Crippen LogP contribution >= 0.6 is 0 Å². The number of rotatable bonds is 12. The first-order chi connectivity index (χ1) is 19.3. The van der Waals surface area contributed by atoms with Gasteiger partial charge in [-0.25, -0.2) is 0 Å². The average Bonchev–Trinajstić information content (AvgIpc) is 3.46. The Morgan fingerprint density at radius 2 is 1.28 bits per heavy atom. The van der Waals surface area contributed by atoms with Gasteiger partial charge in [-0.2, -0.15) is 0 Å². The lowest BCUT2D eigenvalue weighted by molar-refractivity contribution is 0.780. The third-order valence-electron chi connectivity index (χ3n) is 7.63. The maximum atomic E-state index is 4.81. The van der Waals surface area contributed by atoms with Gasteiger partial charge in [0.2, 0.25) is 7.28 Å². The lowest BCUT2D eigenvalue weighted by Crippen LogP contribution is -2.33. The number of aromatic nitrogens is 2. The normalized spacial score (nSPS) is 12.1. The first-order valence-corrected chi connectivity index (χ1v) is 16.0. The molecule has 5 aromatic rings. The fraction of sp³-hybridized carbons (Fsp3) is 0.171. The number of nitrogens with zero attached hydrogens (tertiary/aromatic N) is 2. The molecular formula is C35H37BN2Si. The van der Waals surface area contributed by atoms with Crippen LogP contribution in [0.15, 0.2) is 140 Å². The summed E-state index contributed by atoms with van der Waals surface area (Å²) in [6.07, 6.45) is 10.1. The van der Waals surface area contributed by atoms with Gasteiger partial charge >= 0.3 is 0 Å². The van der Waals surface area contributed by atoms with Gasteiger partial charge in [0.15, 0.2) is 0 Å². The highest BCUT2D eigenvalue weighted by Gasteiger charge is 2.19. The molecule has 0 saturated carbocycles. The summed E-state index contributed by atoms with van der Waals surface area (Å²) in [7, 11) is 0.630. The van der Waals surface area contributed by atoms with Crippen molar-refractivity contribution in [2.24, 2.45) is 0 Å². The number of imidazole rings is 1. The minimum absolute atomic E-state index is 0.291. The van der Waals surface area contributed by atoms with Crippen LogP contribution in [0, 0.1) is 0 Å². The smallest absolute Gasteiger partial charge is 0.217 e. The first-order valence-electron chi connectivity index (χ1n) is 14.2. The van der Waals surface area contributed by atoms with E-state index in [0.717, 1.165) is 25.4 Å². The molecule has 2 nitrogen and oxygen atoms in total. The Balaban J connectivity index is 1.22. The second kappa shape index (κ2) is 13.8. The molecule has 4 heteroatoms.